The maximum absolute atomic E-state index is 11.8. The molecule has 2 heterocycles. The molecule has 0 N–H and O–H groups in total. The van der Waals surface area contributed by atoms with Crippen LogP contribution >= 0.6 is 0 Å². The number of ether oxygens (including phenoxy) is 1. The second kappa shape index (κ2) is 6.87. The van der Waals surface area contributed by atoms with E-state index in [1.165, 1.54) is 0 Å². The zero-order chi connectivity index (χ0) is 13.5. The van der Waals surface area contributed by atoms with Crippen molar-refractivity contribution in [1.29, 1.82) is 0 Å². The van der Waals surface area contributed by atoms with E-state index in [9.17, 15) is 4.79 Å². The molecule has 0 bridgehead atoms. The number of rotatable bonds is 5. The van der Waals surface area contributed by atoms with Gasteiger partial charge < -0.3 is 9.64 Å². The Labute approximate surface area is 113 Å². The SMILES string of the molecule is C=CCCC(=O)N1CCC(Oc2cccnn2)CC1. The van der Waals surface area contributed by atoms with Gasteiger partial charge in [-0.1, -0.05) is 6.08 Å². The first kappa shape index (κ1) is 13.5. The number of aromatic nitrogens is 2. The summed E-state index contributed by atoms with van der Waals surface area (Å²) in [7, 11) is 0. The maximum Gasteiger partial charge on any atom is 0.233 e. The summed E-state index contributed by atoms with van der Waals surface area (Å²) >= 11 is 0. The summed E-state index contributed by atoms with van der Waals surface area (Å²) in [6.45, 7) is 5.13. The van der Waals surface area contributed by atoms with E-state index < -0.39 is 0 Å². The Hall–Kier alpha value is -1.91. The van der Waals surface area contributed by atoms with Crippen LogP contribution in [0.2, 0.25) is 0 Å². The van der Waals surface area contributed by atoms with Crippen LogP contribution in [-0.2, 0) is 4.79 Å². The van der Waals surface area contributed by atoms with Gasteiger partial charge in [-0.3, -0.25) is 4.79 Å². The molecule has 1 aliphatic heterocycles. The molecule has 1 amide bonds. The van der Waals surface area contributed by atoms with Crippen molar-refractivity contribution in [1.82, 2.24) is 15.1 Å². The molecule has 0 unspecified atom stereocenters. The lowest BCUT2D eigenvalue weighted by Gasteiger charge is -2.31. The molecule has 102 valence electrons. The minimum atomic E-state index is 0.125. The second-order valence-electron chi connectivity index (χ2n) is 4.59. The number of hydrogen-bond donors (Lipinski definition) is 0. The molecule has 0 atom stereocenters. The zero-order valence-electron chi connectivity index (χ0n) is 11.0. The summed E-state index contributed by atoms with van der Waals surface area (Å²) in [5.74, 6) is 0.761. The highest BCUT2D eigenvalue weighted by Gasteiger charge is 2.23. The van der Waals surface area contributed by atoms with Crippen LogP contribution < -0.4 is 4.74 Å². The van der Waals surface area contributed by atoms with Crippen LogP contribution in [0.5, 0.6) is 5.88 Å². The minimum Gasteiger partial charge on any atom is -0.473 e. The van der Waals surface area contributed by atoms with Gasteiger partial charge in [-0.15, -0.1) is 11.7 Å². The molecular formula is C14H19N3O2. The molecular weight excluding hydrogens is 242 g/mol. The third kappa shape index (κ3) is 4.05. The molecule has 5 nitrogen and oxygen atoms in total. The van der Waals surface area contributed by atoms with Gasteiger partial charge in [-0.2, -0.15) is 5.10 Å². The summed E-state index contributed by atoms with van der Waals surface area (Å²) in [5, 5.41) is 7.68. The Balaban J connectivity index is 1.76. The number of carbonyl (C=O) groups is 1. The van der Waals surface area contributed by atoms with E-state index in [4.69, 9.17) is 4.74 Å². The smallest absolute Gasteiger partial charge is 0.233 e. The van der Waals surface area contributed by atoms with Crippen molar-refractivity contribution in [2.45, 2.75) is 31.8 Å². The number of amides is 1. The first-order valence-corrected chi connectivity index (χ1v) is 6.62. The quantitative estimate of drug-likeness (QED) is 0.759. The van der Waals surface area contributed by atoms with Crippen molar-refractivity contribution in [3.05, 3.63) is 31.0 Å². The molecule has 1 fully saturated rings. The van der Waals surface area contributed by atoms with Crippen molar-refractivity contribution < 1.29 is 9.53 Å². The summed E-state index contributed by atoms with van der Waals surface area (Å²) in [4.78, 5) is 13.7. The number of hydrogen-bond acceptors (Lipinski definition) is 4. The first-order valence-electron chi connectivity index (χ1n) is 6.62. The van der Waals surface area contributed by atoms with E-state index in [-0.39, 0.29) is 12.0 Å². The summed E-state index contributed by atoms with van der Waals surface area (Å²) in [5.41, 5.74) is 0. The lowest BCUT2D eigenvalue weighted by atomic mass is 10.1. The molecule has 1 saturated heterocycles. The van der Waals surface area contributed by atoms with E-state index in [2.05, 4.69) is 16.8 Å². The average molecular weight is 261 g/mol. The van der Waals surface area contributed by atoms with Crippen LogP contribution in [0, 0.1) is 0 Å². The largest absolute Gasteiger partial charge is 0.473 e. The lowest BCUT2D eigenvalue weighted by Crippen LogP contribution is -2.41. The Kier molecular flexibility index (Phi) is 4.89. The zero-order valence-corrected chi connectivity index (χ0v) is 11.0. The van der Waals surface area contributed by atoms with Crippen molar-refractivity contribution in [2.24, 2.45) is 0 Å². The lowest BCUT2D eigenvalue weighted by molar-refractivity contribution is -0.132. The highest BCUT2D eigenvalue weighted by atomic mass is 16.5. The van der Waals surface area contributed by atoms with Gasteiger partial charge in [0.1, 0.15) is 6.10 Å². The Bertz CT molecular complexity index is 414. The van der Waals surface area contributed by atoms with Gasteiger partial charge in [0.05, 0.1) is 0 Å². The molecule has 0 aromatic carbocycles. The average Bonchev–Trinajstić information content (AvgIpc) is 2.46. The topological polar surface area (TPSA) is 55.3 Å². The molecule has 1 aromatic rings. The molecule has 1 aromatic heterocycles. The first-order chi connectivity index (χ1) is 9.29. The number of piperidine rings is 1. The summed E-state index contributed by atoms with van der Waals surface area (Å²) in [6.07, 6.45) is 6.51. The van der Waals surface area contributed by atoms with Gasteiger partial charge in [0.2, 0.25) is 11.8 Å². The van der Waals surface area contributed by atoms with Gasteiger partial charge in [0.25, 0.3) is 0 Å². The van der Waals surface area contributed by atoms with Crippen molar-refractivity contribution in [3.8, 4) is 5.88 Å². The number of allylic oxidation sites excluding steroid dienone is 1. The molecule has 1 aliphatic rings. The second-order valence-corrected chi connectivity index (χ2v) is 4.59. The Morgan fingerprint density at radius 3 is 2.95 bits per heavy atom. The van der Waals surface area contributed by atoms with Crippen LogP contribution in [0.1, 0.15) is 25.7 Å². The highest BCUT2D eigenvalue weighted by molar-refractivity contribution is 5.76. The number of likely N-dealkylation sites (tertiary alicyclic amines) is 1. The summed E-state index contributed by atoms with van der Waals surface area (Å²) < 4.78 is 5.74. The fourth-order valence-electron chi connectivity index (χ4n) is 2.13. The normalized spacial score (nSPS) is 16.1. The van der Waals surface area contributed by atoms with Crippen molar-refractivity contribution in [2.75, 3.05) is 13.1 Å². The third-order valence-electron chi connectivity index (χ3n) is 3.19. The maximum atomic E-state index is 11.8. The molecule has 0 saturated carbocycles. The van der Waals surface area contributed by atoms with E-state index in [0.29, 0.717) is 12.3 Å². The van der Waals surface area contributed by atoms with Gasteiger partial charge in [0.15, 0.2) is 0 Å². The van der Waals surface area contributed by atoms with Crippen LogP contribution in [0.15, 0.2) is 31.0 Å². The van der Waals surface area contributed by atoms with Gasteiger partial charge in [0, 0.05) is 44.6 Å². The van der Waals surface area contributed by atoms with E-state index >= 15 is 0 Å². The van der Waals surface area contributed by atoms with E-state index in [0.717, 1.165) is 32.4 Å². The molecule has 0 spiro atoms. The number of carbonyl (C=O) groups excluding carboxylic acids is 1. The van der Waals surface area contributed by atoms with Crippen LogP contribution in [0.3, 0.4) is 0 Å². The van der Waals surface area contributed by atoms with Crippen LogP contribution in [0.4, 0.5) is 0 Å². The summed E-state index contributed by atoms with van der Waals surface area (Å²) in [6, 6.07) is 3.60. The predicted octanol–water partition coefficient (Wildman–Crippen LogP) is 1.81. The highest BCUT2D eigenvalue weighted by Crippen LogP contribution is 2.17. The fourth-order valence-corrected chi connectivity index (χ4v) is 2.13. The molecule has 0 aliphatic carbocycles. The standard InChI is InChI=1S/C14H19N3O2/c1-2-3-6-14(18)17-10-7-12(8-11-17)19-13-5-4-9-15-16-13/h2,4-5,9,12H,1,3,6-8,10-11H2. The molecule has 0 radical (unpaired) electrons. The van der Waals surface area contributed by atoms with Crippen molar-refractivity contribution in [3.63, 3.8) is 0 Å². The number of nitrogens with zero attached hydrogens (tertiary/aromatic N) is 3. The van der Waals surface area contributed by atoms with Gasteiger partial charge in [-0.05, 0) is 12.5 Å². The monoisotopic (exact) mass is 261 g/mol. The third-order valence-corrected chi connectivity index (χ3v) is 3.19. The van der Waals surface area contributed by atoms with E-state index in [1.54, 1.807) is 24.4 Å². The Morgan fingerprint density at radius 2 is 2.32 bits per heavy atom. The predicted molar refractivity (Wildman–Crippen MR) is 71.7 cm³/mol. The van der Waals surface area contributed by atoms with Crippen LogP contribution in [0.25, 0.3) is 0 Å². The molecule has 5 heteroatoms. The minimum absolute atomic E-state index is 0.125. The molecule has 19 heavy (non-hydrogen) atoms. The Morgan fingerprint density at radius 1 is 1.53 bits per heavy atom. The van der Waals surface area contributed by atoms with E-state index in [1.807, 2.05) is 4.90 Å². The van der Waals surface area contributed by atoms with Gasteiger partial charge in [-0.25, -0.2) is 0 Å². The van der Waals surface area contributed by atoms with Gasteiger partial charge >= 0.3 is 0 Å². The molecule has 2 rings (SSSR count). The van der Waals surface area contributed by atoms with Crippen molar-refractivity contribution >= 4 is 5.91 Å². The fraction of sp³-hybridized carbons (Fsp3) is 0.500. The van der Waals surface area contributed by atoms with Crippen LogP contribution in [-0.4, -0.2) is 40.2 Å².